The third-order valence-electron chi connectivity index (χ3n) is 2.56. The number of alkyl halides is 3. The van der Waals surface area contributed by atoms with E-state index in [2.05, 4.69) is 0 Å². The molecule has 0 aliphatic carbocycles. The number of nitrogens with zero attached hydrogens (tertiary/aromatic N) is 1. The van der Waals surface area contributed by atoms with Gasteiger partial charge in [0.05, 0.1) is 6.54 Å². The van der Waals surface area contributed by atoms with Crippen LogP contribution in [0.5, 0.6) is 0 Å². The van der Waals surface area contributed by atoms with Crippen molar-refractivity contribution in [1.82, 2.24) is 4.90 Å². The summed E-state index contributed by atoms with van der Waals surface area (Å²) in [5.41, 5.74) is 6.68. The molecule has 18 heavy (non-hydrogen) atoms. The smallest absolute Gasteiger partial charge is 0.399 e. The Hall–Kier alpha value is -0.940. The van der Waals surface area contributed by atoms with E-state index in [1.807, 2.05) is 0 Å². The molecule has 102 valence electrons. The van der Waals surface area contributed by atoms with Gasteiger partial charge in [-0.05, 0) is 31.5 Å². The van der Waals surface area contributed by atoms with E-state index in [1.54, 1.807) is 32.0 Å². The van der Waals surface area contributed by atoms with Gasteiger partial charge in [-0.1, -0.05) is 17.7 Å². The van der Waals surface area contributed by atoms with E-state index in [1.165, 1.54) is 4.90 Å². The number of nitrogens with two attached hydrogens (primary N) is 1. The predicted molar refractivity (Wildman–Crippen MR) is 67.5 cm³/mol. The molecule has 0 heterocycles. The van der Waals surface area contributed by atoms with E-state index in [0.29, 0.717) is 16.3 Å². The van der Waals surface area contributed by atoms with E-state index < -0.39 is 12.7 Å². The lowest BCUT2D eigenvalue weighted by Gasteiger charge is -2.27. The summed E-state index contributed by atoms with van der Waals surface area (Å²) in [7, 11) is 0. The maximum absolute atomic E-state index is 12.4. The number of anilines is 1. The zero-order valence-electron chi connectivity index (χ0n) is 10.3. The average Bonchev–Trinajstić information content (AvgIpc) is 2.18. The monoisotopic (exact) mass is 280 g/mol. The minimum absolute atomic E-state index is 0.149. The second kappa shape index (κ2) is 5.80. The molecule has 0 aromatic heterocycles. The van der Waals surface area contributed by atoms with Gasteiger partial charge in [0.25, 0.3) is 0 Å². The van der Waals surface area contributed by atoms with Crippen molar-refractivity contribution < 1.29 is 13.2 Å². The predicted octanol–water partition coefficient (Wildman–Crippen LogP) is 3.69. The van der Waals surface area contributed by atoms with Crippen LogP contribution < -0.4 is 5.73 Å². The van der Waals surface area contributed by atoms with Gasteiger partial charge >= 0.3 is 6.18 Å². The number of hydrogen-bond donors (Lipinski definition) is 1. The minimum atomic E-state index is -4.22. The summed E-state index contributed by atoms with van der Waals surface area (Å²) < 4.78 is 37.3. The Bertz CT molecular complexity index is 405. The van der Waals surface area contributed by atoms with Crippen LogP contribution in [0.1, 0.15) is 19.4 Å². The van der Waals surface area contributed by atoms with E-state index >= 15 is 0 Å². The van der Waals surface area contributed by atoms with Gasteiger partial charge in [-0.25, -0.2) is 0 Å². The Morgan fingerprint density at radius 2 is 1.94 bits per heavy atom. The van der Waals surface area contributed by atoms with Crippen LogP contribution in [0.25, 0.3) is 0 Å². The summed E-state index contributed by atoms with van der Waals surface area (Å²) >= 11 is 5.96. The molecule has 1 aromatic rings. The van der Waals surface area contributed by atoms with Crippen LogP contribution in [0.2, 0.25) is 5.02 Å². The maximum atomic E-state index is 12.4. The lowest BCUT2D eigenvalue weighted by molar-refractivity contribution is -0.150. The van der Waals surface area contributed by atoms with Crippen LogP contribution in [-0.2, 0) is 6.54 Å². The zero-order valence-corrected chi connectivity index (χ0v) is 11.0. The maximum Gasteiger partial charge on any atom is 0.401 e. The summed E-state index contributed by atoms with van der Waals surface area (Å²) in [5, 5.41) is 0.392. The Balaban J connectivity index is 2.83. The van der Waals surface area contributed by atoms with Gasteiger partial charge < -0.3 is 5.73 Å². The van der Waals surface area contributed by atoms with Crippen LogP contribution in [0.4, 0.5) is 18.9 Å². The highest BCUT2D eigenvalue weighted by atomic mass is 35.5. The van der Waals surface area contributed by atoms with Crippen molar-refractivity contribution in [2.45, 2.75) is 32.6 Å². The molecule has 1 rings (SSSR count). The normalized spacial score (nSPS) is 12.4. The van der Waals surface area contributed by atoms with Crippen LogP contribution in [-0.4, -0.2) is 23.7 Å². The van der Waals surface area contributed by atoms with Gasteiger partial charge in [0.1, 0.15) is 0 Å². The summed E-state index contributed by atoms with van der Waals surface area (Å²) in [6.07, 6.45) is -4.22. The molecule has 2 N–H and O–H groups in total. The first kappa shape index (κ1) is 15.1. The Morgan fingerprint density at radius 1 is 1.33 bits per heavy atom. The molecule has 0 bridgehead atoms. The summed E-state index contributed by atoms with van der Waals surface area (Å²) in [6, 6.07) is 4.61. The number of hydrogen-bond acceptors (Lipinski definition) is 2. The SMILES string of the molecule is CC(C)N(Cc1ccc(N)cc1Cl)CC(F)(F)F. The second-order valence-electron chi connectivity index (χ2n) is 4.46. The fraction of sp³-hybridized carbons (Fsp3) is 0.500. The van der Waals surface area contributed by atoms with Crippen LogP contribution >= 0.6 is 11.6 Å². The first-order chi connectivity index (χ1) is 8.19. The molecule has 0 saturated heterocycles. The molecule has 0 aliphatic heterocycles. The average molecular weight is 281 g/mol. The standard InChI is InChI=1S/C12H16ClF3N2/c1-8(2)18(7-12(14,15)16)6-9-3-4-10(17)5-11(9)13/h3-5,8H,6-7,17H2,1-2H3. The van der Waals surface area contributed by atoms with E-state index in [-0.39, 0.29) is 12.6 Å². The Morgan fingerprint density at radius 3 is 2.39 bits per heavy atom. The van der Waals surface area contributed by atoms with Crippen LogP contribution in [0.3, 0.4) is 0 Å². The molecule has 6 heteroatoms. The van der Waals surface area contributed by atoms with Gasteiger partial charge in [-0.15, -0.1) is 0 Å². The fourth-order valence-electron chi connectivity index (χ4n) is 1.56. The number of benzene rings is 1. The number of halogens is 4. The minimum Gasteiger partial charge on any atom is -0.399 e. The number of rotatable bonds is 4. The largest absolute Gasteiger partial charge is 0.401 e. The topological polar surface area (TPSA) is 29.3 Å². The van der Waals surface area contributed by atoms with Crippen molar-refractivity contribution in [3.63, 3.8) is 0 Å². The van der Waals surface area contributed by atoms with Crippen molar-refractivity contribution in [2.75, 3.05) is 12.3 Å². The zero-order chi connectivity index (χ0) is 13.9. The third-order valence-corrected chi connectivity index (χ3v) is 2.92. The Kier molecular flexibility index (Phi) is 4.87. The van der Waals surface area contributed by atoms with Crippen molar-refractivity contribution in [2.24, 2.45) is 0 Å². The third kappa shape index (κ3) is 4.74. The van der Waals surface area contributed by atoms with Crippen molar-refractivity contribution in [3.05, 3.63) is 28.8 Å². The molecule has 0 unspecified atom stereocenters. The number of nitrogen functional groups attached to an aromatic ring is 1. The molecule has 0 spiro atoms. The highest BCUT2D eigenvalue weighted by Gasteiger charge is 2.31. The molecular weight excluding hydrogens is 265 g/mol. The van der Waals surface area contributed by atoms with Gasteiger partial charge in [-0.3, -0.25) is 4.90 Å². The molecule has 0 atom stereocenters. The molecule has 0 saturated carbocycles. The van der Waals surface area contributed by atoms with E-state index in [4.69, 9.17) is 17.3 Å². The molecule has 0 radical (unpaired) electrons. The molecule has 2 nitrogen and oxygen atoms in total. The van der Waals surface area contributed by atoms with Gasteiger partial charge in [0, 0.05) is 23.3 Å². The highest BCUT2D eigenvalue weighted by Crippen LogP contribution is 2.24. The summed E-state index contributed by atoms with van der Waals surface area (Å²) in [6.45, 7) is 2.63. The van der Waals surface area contributed by atoms with Gasteiger partial charge in [-0.2, -0.15) is 13.2 Å². The van der Waals surface area contributed by atoms with Crippen molar-refractivity contribution >= 4 is 17.3 Å². The van der Waals surface area contributed by atoms with E-state index in [9.17, 15) is 13.2 Å². The molecule has 1 aromatic carbocycles. The van der Waals surface area contributed by atoms with E-state index in [0.717, 1.165) is 0 Å². The lowest BCUT2D eigenvalue weighted by Crippen LogP contribution is -2.38. The van der Waals surface area contributed by atoms with Crippen molar-refractivity contribution in [3.8, 4) is 0 Å². The van der Waals surface area contributed by atoms with Gasteiger partial charge in [0.2, 0.25) is 0 Å². The quantitative estimate of drug-likeness (QED) is 0.852. The lowest BCUT2D eigenvalue weighted by atomic mass is 10.1. The first-order valence-electron chi connectivity index (χ1n) is 5.54. The summed E-state index contributed by atoms with van der Waals surface area (Å²) in [5.74, 6) is 0. The van der Waals surface area contributed by atoms with Crippen molar-refractivity contribution in [1.29, 1.82) is 0 Å². The van der Waals surface area contributed by atoms with Crippen LogP contribution in [0, 0.1) is 0 Å². The summed E-state index contributed by atoms with van der Waals surface area (Å²) in [4.78, 5) is 1.32. The second-order valence-corrected chi connectivity index (χ2v) is 4.87. The fourth-order valence-corrected chi connectivity index (χ4v) is 1.81. The van der Waals surface area contributed by atoms with Gasteiger partial charge in [0.15, 0.2) is 0 Å². The Labute approximate surface area is 110 Å². The molecule has 0 amide bonds. The highest BCUT2D eigenvalue weighted by molar-refractivity contribution is 6.31. The molecule has 0 aliphatic rings. The van der Waals surface area contributed by atoms with Crippen LogP contribution in [0.15, 0.2) is 18.2 Å². The first-order valence-corrected chi connectivity index (χ1v) is 5.91. The molecule has 0 fully saturated rings. The molecular formula is C12H16ClF3N2.